The van der Waals surface area contributed by atoms with Crippen molar-refractivity contribution in [3.05, 3.63) is 72.2 Å². The Morgan fingerprint density at radius 3 is 2.42 bits per heavy atom. The second-order valence-electron chi connectivity index (χ2n) is 6.06. The maximum atomic E-state index is 12.9. The third-order valence-corrected chi connectivity index (χ3v) is 3.52. The van der Waals surface area contributed by atoms with E-state index in [1.54, 1.807) is 24.4 Å². The van der Waals surface area contributed by atoms with Crippen LogP contribution < -0.4 is 15.4 Å². The fourth-order valence-corrected chi connectivity index (χ4v) is 2.33. The van der Waals surface area contributed by atoms with Crippen LogP contribution in [0.4, 0.5) is 21.8 Å². The molecule has 0 saturated heterocycles. The van der Waals surface area contributed by atoms with Crippen molar-refractivity contribution in [3.8, 4) is 5.75 Å². The van der Waals surface area contributed by atoms with E-state index in [4.69, 9.17) is 4.74 Å². The Morgan fingerprint density at radius 2 is 1.73 bits per heavy atom. The average molecular weight is 352 g/mol. The molecule has 0 radical (unpaired) electrons. The summed E-state index contributed by atoms with van der Waals surface area (Å²) in [5.41, 5.74) is 1.86. The lowest BCUT2D eigenvalue weighted by Crippen LogP contribution is -2.06. The van der Waals surface area contributed by atoms with Gasteiger partial charge in [0.05, 0.1) is 6.10 Å². The largest absolute Gasteiger partial charge is 0.491 e. The first-order chi connectivity index (χ1) is 12.6. The highest BCUT2D eigenvalue weighted by Crippen LogP contribution is 2.20. The zero-order valence-corrected chi connectivity index (χ0v) is 14.7. The molecule has 0 saturated carbocycles. The summed E-state index contributed by atoms with van der Waals surface area (Å²) in [6.45, 7) is 4.51. The summed E-state index contributed by atoms with van der Waals surface area (Å²) in [6.07, 6.45) is 1.82. The number of hydrogen-bond acceptors (Lipinski definition) is 5. The van der Waals surface area contributed by atoms with Crippen LogP contribution in [0.15, 0.2) is 60.8 Å². The predicted molar refractivity (Wildman–Crippen MR) is 101 cm³/mol. The summed E-state index contributed by atoms with van der Waals surface area (Å²) in [4.78, 5) is 8.64. The molecular formula is C20H21FN4O. The molecule has 0 atom stereocenters. The van der Waals surface area contributed by atoms with Gasteiger partial charge in [-0.1, -0.05) is 12.1 Å². The zero-order chi connectivity index (χ0) is 18.4. The molecule has 3 rings (SSSR count). The van der Waals surface area contributed by atoms with Crippen LogP contribution in [0.25, 0.3) is 0 Å². The van der Waals surface area contributed by atoms with Gasteiger partial charge in [0.2, 0.25) is 5.95 Å². The van der Waals surface area contributed by atoms with Crippen molar-refractivity contribution in [1.82, 2.24) is 9.97 Å². The lowest BCUT2D eigenvalue weighted by Gasteiger charge is -2.11. The highest BCUT2D eigenvalue weighted by Gasteiger charge is 2.02. The summed E-state index contributed by atoms with van der Waals surface area (Å²) >= 11 is 0. The van der Waals surface area contributed by atoms with Crippen LogP contribution in [0.1, 0.15) is 19.4 Å². The molecule has 134 valence electrons. The van der Waals surface area contributed by atoms with Crippen molar-refractivity contribution in [2.24, 2.45) is 0 Å². The van der Waals surface area contributed by atoms with Crippen LogP contribution >= 0.6 is 0 Å². The number of aromatic nitrogens is 2. The van der Waals surface area contributed by atoms with Gasteiger partial charge in [0.15, 0.2) is 0 Å². The SMILES string of the molecule is CC(C)Oc1ccc(Nc2ccnc(NCc3ccc(F)cc3)n2)cc1. The topological polar surface area (TPSA) is 59.1 Å². The molecule has 5 nitrogen and oxygen atoms in total. The van der Waals surface area contributed by atoms with Crippen LogP contribution in [0.3, 0.4) is 0 Å². The van der Waals surface area contributed by atoms with E-state index in [0.29, 0.717) is 18.3 Å². The molecule has 0 amide bonds. The van der Waals surface area contributed by atoms with Gasteiger partial charge in [0, 0.05) is 18.4 Å². The predicted octanol–water partition coefficient (Wildman–Crippen LogP) is 4.76. The number of hydrogen-bond donors (Lipinski definition) is 2. The fourth-order valence-electron chi connectivity index (χ4n) is 2.33. The van der Waals surface area contributed by atoms with Crippen molar-refractivity contribution in [1.29, 1.82) is 0 Å². The van der Waals surface area contributed by atoms with Crippen LogP contribution in [0.2, 0.25) is 0 Å². The van der Waals surface area contributed by atoms with E-state index in [1.807, 2.05) is 38.1 Å². The minimum atomic E-state index is -0.249. The number of anilines is 3. The third kappa shape index (κ3) is 5.17. The van der Waals surface area contributed by atoms with E-state index in [0.717, 1.165) is 17.0 Å². The lowest BCUT2D eigenvalue weighted by atomic mass is 10.2. The second-order valence-corrected chi connectivity index (χ2v) is 6.06. The van der Waals surface area contributed by atoms with E-state index < -0.39 is 0 Å². The number of nitrogens with zero attached hydrogens (tertiary/aromatic N) is 2. The number of nitrogens with one attached hydrogen (secondary N) is 2. The third-order valence-electron chi connectivity index (χ3n) is 3.52. The van der Waals surface area contributed by atoms with E-state index in [1.165, 1.54) is 12.1 Å². The summed E-state index contributed by atoms with van der Waals surface area (Å²) in [6, 6.07) is 15.8. The summed E-state index contributed by atoms with van der Waals surface area (Å²) < 4.78 is 18.6. The van der Waals surface area contributed by atoms with Gasteiger partial charge in [-0.2, -0.15) is 4.98 Å². The first-order valence-electron chi connectivity index (χ1n) is 8.43. The van der Waals surface area contributed by atoms with Crippen LogP contribution in [-0.4, -0.2) is 16.1 Å². The van der Waals surface area contributed by atoms with E-state index in [2.05, 4.69) is 20.6 Å². The Morgan fingerprint density at radius 1 is 1.00 bits per heavy atom. The lowest BCUT2D eigenvalue weighted by molar-refractivity contribution is 0.242. The van der Waals surface area contributed by atoms with Crippen molar-refractivity contribution in [2.75, 3.05) is 10.6 Å². The molecule has 0 aliphatic carbocycles. The van der Waals surface area contributed by atoms with Crippen molar-refractivity contribution in [2.45, 2.75) is 26.5 Å². The summed E-state index contributed by atoms with van der Waals surface area (Å²) in [5.74, 6) is 1.76. The highest BCUT2D eigenvalue weighted by molar-refractivity contribution is 5.57. The molecule has 1 aromatic heterocycles. The van der Waals surface area contributed by atoms with Gasteiger partial charge in [-0.25, -0.2) is 9.37 Å². The van der Waals surface area contributed by atoms with E-state index in [9.17, 15) is 4.39 Å². The minimum Gasteiger partial charge on any atom is -0.491 e. The number of rotatable bonds is 7. The summed E-state index contributed by atoms with van der Waals surface area (Å²) in [5, 5.41) is 6.37. The van der Waals surface area contributed by atoms with Gasteiger partial charge in [-0.15, -0.1) is 0 Å². The highest BCUT2D eigenvalue weighted by atomic mass is 19.1. The van der Waals surface area contributed by atoms with Crippen LogP contribution in [0, 0.1) is 5.82 Å². The first kappa shape index (κ1) is 17.7. The van der Waals surface area contributed by atoms with Crippen molar-refractivity contribution in [3.63, 3.8) is 0 Å². The van der Waals surface area contributed by atoms with Gasteiger partial charge < -0.3 is 15.4 Å². The molecule has 0 unspecified atom stereocenters. The van der Waals surface area contributed by atoms with E-state index in [-0.39, 0.29) is 11.9 Å². The summed E-state index contributed by atoms with van der Waals surface area (Å²) in [7, 11) is 0. The molecule has 0 aliphatic rings. The molecule has 2 N–H and O–H groups in total. The van der Waals surface area contributed by atoms with Crippen molar-refractivity contribution < 1.29 is 9.13 Å². The quantitative estimate of drug-likeness (QED) is 0.642. The monoisotopic (exact) mass is 352 g/mol. The average Bonchev–Trinajstić information content (AvgIpc) is 2.63. The Labute approximate surface area is 152 Å². The molecule has 0 aliphatic heterocycles. The maximum absolute atomic E-state index is 12.9. The Bertz CT molecular complexity index is 835. The van der Waals surface area contributed by atoms with E-state index >= 15 is 0 Å². The molecule has 3 aromatic rings. The Kier molecular flexibility index (Phi) is 5.63. The Hall–Kier alpha value is -3.15. The van der Waals surface area contributed by atoms with Gasteiger partial charge in [-0.05, 0) is 61.9 Å². The molecule has 26 heavy (non-hydrogen) atoms. The zero-order valence-electron chi connectivity index (χ0n) is 14.7. The fraction of sp³-hybridized carbons (Fsp3) is 0.200. The van der Waals surface area contributed by atoms with Gasteiger partial charge >= 0.3 is 0 Å². The standard InChI is InChI=1S/C20H21FN4O/c1-14(2)26-18-9-7-17(8-10-18)24-19-11-12-22-20(25-19)23-13-15-3-5-16(21)6-4-15/h3-12,14H,13H2,1-2H3,(H2,22,23,24,25). The smallest absolute Gasteiger partial charge is 0.224 e. The number of ether oxygens (including phenoxy) is 1. The number of benzene rings is 2. The van der Waals surface area contributed by atoms with Gasteiger partial charge in [0.1, 0.15) is 17.4 Å². The first-order valence-corrected chi connectivity index (χ1v) is 8.43. The van der Waals surface area contributed by atoms with Crippen LogP contribution in [0.5, 0.6) is 5.75 Å². The minimum absolute atomic E-state index is 0.144. The molecular weight excluding hydrogens is 331 g/mol. The molecule has 6 heteroatoms. The molecule has 2 aromatic carbocycles. The van der Waals surface area contributed by atoms with Crippen molar-refractivity contribution >= 4 is 17.5 Å². The number of halogens is 1. The van der Waals surface area contributed by atoms with Gasteiger partial charge in [-0.3, -0.25) is 0 Å². The molecule has 0 bridgehead atoms. The molecule has 0 fully saturated rings. The molecule has 1 heterocycles. The normalized spacial score (nSPS) is 10.6. The maximum Gasteiger partial charge on any atom is 0.224 e. The second kappa shape index (κ2) is 8.29. The van der Waals surface area contributed by atoms with Crippen LogP contribution in [-0.2, 0) is 6.54 Å². The van der Waals surface area contributed by atoms with Gasteiger partial charge in [0.25, 0.3) is 0 Å². The Balaban J connectivity index is 1.60. The molecule has 0 spiro atoms.